The van der Waals surface area contributed by atoms with Gasteiger partial charge in [0.2, 0.25) is 0 Å². The van der Waals surface area contributed by atoms with Gasteiger partial charge in [0.05, 0.1) is 17.3 Å². The molecule has 1 aromatic rings. The molecule has 1 aromatic heterocycles. The molecule has 8 heteroatoms. The molecule has 1 saturated heterocycles. The summed E-state index contributed by atoms with van der Waals surface area (Å²) in [5.41, 5.74) is 5.42. The van der Waals surface area contributed by atoms with Crippen LogP contribution in [0.4, 0.5) is 0 Å². The molecule has 1 fully saturated rings. The van der Waals surface area contributed by atoms with E-state index >= 15 is 0 Å². The third-order valence-corrected chi connectivity index (χ3v) is 6.55. The van der Waals surface area contributed by atoms with Crippen LogP contribution in [0.3, 0.4) is 0 Å². The summed E-state index contributed by atoms with van der Waals surface area (Å²) < 4.78 is 32.4. The minimum absolute atomic E-state index is 0.149. The topological polar surface area (TPSA) is 85.5 Å². The second-order valence-electron chi connectivity index (χ2n) is 4.81. The second-order valence-corrected chi connectivity index (χ2v) is 8.21. The number of aromatic nitrogens is 1. The summed E-state index contributed by atoms with van der Waals surface area (Å²) in [6.45, 7) is 4.10. The highest BCUT2D eigenvalue weighted by Gasteiger charge is 2.30. The van der Waals surface area contributed by atoms with E-state index in [9.17, 15) is 8.42 Å². The smallest absolute Gasteiger partial charge is 0.254 e. The molecule has 0 spiro atoms. The fourth-order valence-corrected chi connectivity index (χ4v) is 4.89. The van der Waals surface area contributed by atoms with Crippen molar-refractivity contribution in [2.45, 2.75) is 36.5 Å². The van der Waals surface area contributed by atoms with Crippen LogP contribution in [0.5, 0.6) is 0 Å². The van der Waals surface area contributed by atoms with Crippen LogP contribution in [0.25, 0.3) is 0 Å². The number of rotatable bonds is 6. The SMILES string of the molecule is Cc1ncc(S(=O)(=O)N2CCC(OCCCN)CC2)s1. The monoisotopic (exact) mass is 319 g/mol. The molecular formula is C12H21N3O3S2. The van der Waals surface area contributed by atoms with Gasteiger partial charge in [-0.2, -0.15) is 4.31 Å². The molecule has 0 aromatic carbocycles. The Morgan fingerprint density at radius 2 is 2.20 bits per heavy atom. The number of piperidine rings is 1. The molecule has 0 radical (unpaired) electrons. The zero-order valence-electron chi connectivity index (χ0n) is 11.6. The van der Waals surface area contributed by atoms with Crippen LogP contribution in [0.1, 0.15) is 24.3 Å². The molecule has 114 valence electrons. The molecule has 0 atom stereocenters. The number of ether oxygens (including phenoxy) is 1. The molecule has 2 N–H and O–H groups in total. The van der Waals surface area contributed by atoms with Crippen LogP contribution >= 0.6 is 11.3 Å². The number of nitrogens with two attached hydrogens (primary N) is 1. The fraction of sp³-hybridized carbons (Fsp3) is 0.750. The second kappa shape index (κ2) is 6.95. The molecule has 0 saturated carbocycles. The Hall–Kier alpha value is -0.540. The zero-order valence-corrected chi connectivity index (χ0v) is 13.3. The lowest BCUT2D eigenvalue weighted by Crippen LogP contribution is -2.40. The number of sulfonamides is 1. The highest BCUT2D eigenvalue weighted by Crippen LogP contribution is 2.25. The van der Waals surface area contributed by atoms with Crippen molar-refractivity contribution in [2.75, 3.05) is 26.2 Å². The lowest BCUT2D eigenvalue weighted by atomic mass is 10.1. The largest absolute Gasteiger partial charge is 0.378 e. The molecule has 1 aliphatic rings. The average molecular weight is 319 g/mol. The van der Waals surface area contributed by atoms with E-state index < -0.39 is 10.0 Å². The lowest BCUT2D eigenvalue weighted by Gasteiger charge is -2.30. The molecule has 0 amide bonds. The number of nitrogens with zero attached hydrogens (tertiary/aromatic N) is 2. The normalized spacial score (nSPS) is 18.5. The van der Waals surface area contributed by atoms with Gasteiger partial charge in [-0.15, -0.1) is 11.3 Å². The Morgan fingerprint density at radius 3 is 2.75 bits per heavy atom. The minimum Gasteiger partial charge on any atom is -0.378 e. The maximum absolute atomic E-state index is 12.4. The number of thiazole rings is 1. The summed E-state index contributed by atoms with van der Waals surface area (Å²) >= 11 is 1.22. The zero-order chi connectivity index (χ0) is 14.6. The van der Waals surface area contributed by atoms with E-state index in [2.05, 4.69) is 4.98 Å². The Bertz CT molecular complexity index is 522. The van der Waals surface area contributed by atoms with Crippen LogP contribution in [0.15, 0.2) is 10.4 Å². The van der Waals surface area contributed by atoms with Gasteiger partial charge in [0.15, 0.2) is 4.21 Å². The predicted molar refractivity (Wildman–Crippen MR) is 78.3 cm³/mol. The predicted octanol–water partition coefficient (Wildman–Crippen LogP) is 0.970. The standard InChI is InChI=1S/C12H21N3O3S2/c1-10-14-9-12(19-10)20(16,17)15-6-3-11(4-7-15)18-8-2-5-13/h9,11H,2-8,13H2,1H3. The molecule has 1 aliphatic heterocycles. The van der Waals surface area contributed by atoms with Crippen molar-refractivity contribution in [2.24, 2.45) is 5.73 Å². The van der Waals surface area contributed by atoms with Crippen LogP contribution in [-0.4, -0.2) is 50.1 Å². The van der Waals surface area contributed by atoms with E-state index in [1.165, 1.54) is 21.8 Å². The number of hydrogen-bond acceptors (Lipinski definition) is 6. The Kier molecular flexibility index (Phi) is 5.50. The summed E-state index contributed by atoms with van der Waals surface area (Å²) in [7, 11) is -3.38. The first-order valence-electron chi connectivity index (χ1n) is 6.78. The Balaban J connectivity index is 1.90. The van der Waals surface area contributed by atoms with E-state index in [1.54, 1.807) is 6.92 Å². The van der Waals surface area contributed by atoms with Crippen molar-refractivity contribution >= 4 is 21.4 Å². The van der Waals surface area contributed by atoms with E-state index in [1.807, 2.05) is 0 Å². The molecule has 0 aliphatic carbocycles. The van der Waals surface area contributed by atoms with Gasteiger partial charge in [-0.05, 0) is 32.7 Å². The van der Waals surface area contributed by atoms with Gasteiger partial charge in [0.1, 0.15) is 0 Å². The maximum atomic E-state index is 12.4. The summed E-state index contributed by atoms with van der Waals surface area (Å²) in [5.74, 6) is 0. The number of aryl methyl sites for hydroxylation is 1. The Labute approximate surface area is 124 Å². The average Bonchev–Trinajstić information content (AvgIpc) is 2.87. The van der Waals surface area contributed by atoms with E-state index in [4.69, 9.17) is 10.5 Å². The molecular weight excluding hydrogens is 298 g/mol. The van der Waals surface area contributed by atoms with Crippen LogP contribution < -0.4 is 5.73 Å². The van der Waals surface area contributed by atoms with Gasteiger partial charge in [-0.3, -0.25) is 0 Å². The first-order valence-corrected chi connectivity index (χ1v) is 9.04. The molecule has 6 nitrogen and oxygen atoms in total. The van der Waals surface area contributed by atoms with Crippen LogP contribution in [-0.2, 0) is 14.8 Å². The third kappa shape index (κ3) is 3.76. The quantitative estimate of drug-likeness (QED) is 0.790. The number of hydrogen-bond donors (Lipinski definition) is 1. The highest BCUT2D eigenvalue weighted by molar-refractivity contribution is 7.91. The summed E-state index contributed by atoms with van der Waals surface area (Å²) in [4.78, 5) is 4.02. The van der Waals surface area contributed by atoms with Gasteiger partial charge in [0, 0.05) is 19.7 Å². The molecule has 2 rings (SSSR count). The third-order valence-electron chi connectivity index (χ3n) is 3.30. The molecule has 2 heterocycles. The van der Waals surface area contributed by atoms with Gasteiger partial charge in [-0.25, -0.2) is 13.4 Å². The van der Waals surface area contributed by atoms with Gasteiger partial charge in [-0.1, -0.05) is 0 Å². The van der Waals surface area contributed by atoms with Crippen LogP contribution in [0, 0.1) is 6.92 Å². The van der Waals surface area contributed by atoms with Crippen molar-refractivity contribution in [1.82, 2.24) is 9.29 Å². The van der Waals surface area contributed by atoms with E-state index in [0.717, 1.165) is 24.3 Å². The first-order chi connectivity index (χ1) is 9.54. The fourth-order valence-electron chi connectivity index (χ4n) is 2.16. The van der Waals surface area contributed by atoms with Crippen molar-refractivity contribution < 1.29 is 13.2 Å². The molecule has 0 bridgehead atoms. The van der Waals surface area contributed by atoms with Crippen molar-refractivity contribution in [3.05, 3.63) is 11.2 Å². The summed E-state index contributed by atoms with van der Waals surface area (Å²) in [5, 5.41) is 0.767. The first kappa shape index (κ1) is 15.8. The van der Waals surface area contributed by atoms with E-state index in [-0.39, 0.29) is 6.10 Å². The van der Waals surface area contributed by atoms with Crippen molar-refractivity contribution in [3.8, 4) is 0 Å². The van der Waals surface area contributed by atoms with Crippen LogP contribution in [0.2, 0.25) is 0 Å². The van der Waals surface area contributed by atoms with Gasteiger partial charge >= 0.3 is 0 Å². The summed E-state index contributed by atoms with van der Waals surface area (Å²) in [6, 6.07) is 0. The molecule has 20 heavy (non-hydrogen) atoms. The molecule has 0 unspecified atom stereocenters. The summed E-state index contributed by atoms with van der Waals surface area (Å²) in [6.07, 6.45) is 3.91. The lowest BCUT2D eigenvalue weighted by molar-refractivity contribution is 0.0209. The van der Waals surface area contributed by atoms with E-state index in [0.29, 0.717) is 30.5 Å². The minimum atomic E-state index is -3.38. The van der Waals surface area contributed by atoms with Gasteiger partial charge < -0.3 is 10.5 Å². The van der Waals surface area contributed by atoms with Crippen molar-refractivity contribution in [3.63, 3.8) is 0 Å². The highest BCUT2D eigenvalue weighted by atomic mass is 32.2. The van der Waals surface area contributed by atoms with Crippen molar-refractivity contribution in [1.29, 1.82) is 0 Å². The van der Waals surface area contributed by atoms with Gasteiger partial charge in [0.25, 0.3) is 10.0 Å². The maximum Gasteiger partial charge on any atom is 0.254 e. The Morgan fingerprint density at radius 1 is 1.50 bits per heavy atom.